The number of halogens is 1. The summed E-state index contributed by atoms with van der Waals surface area (Å²) in [6.07, 6.45) is 0. The van der Waals surface area contributed by atoms with Gasteiger partial charge in [-0.3, -0.25) is 5.10 Å². The van der Waals surface area contributed by atoms with Gasteiger partial charge >= 0.3 is 0 Å². The summed E-state index contributed by atoms with van der Waals surface area (Å²) < 4.78 is 0. The summed E-state index contributed by atoms with van der Waals surface area (Å²) in [5.41, 5.74) is 2.18. The third-order valence-electron chi connectivity index (χ3n) is 2.90. The highest BCUT2D eigenvalue weighted by atomic mass is 35.5. The Bertz CT molecular complexity index is 753. The van der Waals surface area contributed by atoms with Gasteiger partial charge in [-0.2, -0.15) is 5.10 Å². The van der Waals surface area contributed by atoms with Crippen molar-refractivity contribution < 1.29 is 0 Å². The van der Waals surface area contributed by atoms with Crippen molar-refractivity contribution in [2.75, 3.05) is 5.32 Å². The average molecular weight is 271 g/mol. The van der Waals surface area contributed by atoms with Gasteiger partial charge in [-0.1, -0.05) is 35.3 Å². The number of rotatable bonds is 2. The Morgan fingerprint density at radius 1 is 1.21 bits per heavy atom. The first kappa shape index (κ1) is 12.1. The van der Waals surface area contributed by atoms with E-state index in [-0.39, 0.29) is 0 Å². The Morgan fingerprint density at radius 2 is 2.05 bits per heavy atom. The maximum Gasteiger partial charge on any atom is 0.153 e. The number of nitrogens with zero attached hydrogens (tertiary/aromatic N) is 2. The minimum Gasteiger partial charge on any atom is -0.323 e. The van der Waals surface area contributed by atoms with Crippen LogP contribution in [0.25, 0.3) is 10.8 Å². The Kier molecular flexibility index (Phi) is 2.91. The van der Waals surface area contributed by atoms with Crippen LogP contribution in [0.4, 0.5) is 11.6 Å². The van der Waals surface area contributed by atoms with Crippen molar-refractivity contribution in [1.82, 2.24) is 15.2 Å². The van der Waals surface area contributed by atoms with Crippen LogP contribution < -0.4 is 10.8 Å². The summed E-state index contributed by atoms with van der Waals surface area (Å²) in [4.78, 5) is 4.34. The number of benzene rings is 1. The summed E-state index contributed by atoms with van der Waals surface area (Å²) in [7, 11) is 2.05. The molecule has 19 heavy (non-hydrogen) atoms. The van der Waals surface area contributed by atoms with Crippen molar-refractivity contribution >= 4 is 47.3 Å². The lowest BCUT2D eigenvalue weighted by atomic mass is 9.94. The standard InChI is InChI=1S/C13H12BClN4/c1-7-4-12(19-18-7)16-11-6-8-5-9(14)2-3-10(8)13(15)17-11/h2-6H,14H2,1H3,(H2,16,17,18,19). The van der Waals surface area contributed by atoms with Crippen LogP contribution in [-0.4, -0.2) is 23.0 Å². The van der Waals surface area contributed by atoms with Gasteiger partial charge in [-0.05, 0) is 18.4 Å². The zero-order chi connectivity index (χ0) is 13.4. The molecule has 0 bridgehead atoms. The molecule has 0 saturated heterocycles. The third-order valence-corrected chi connectivity index (χ3v) is 3.19. The Morgan fingerprint density at radius 3 is 2.79 bits per heavy atom. The first-order valence-electron chi connectivity index (χ1n) is 5.98. The molecule has 0 saturated carbocycles. The maximum atomic E-state index is 6.21. The van der Waals surface area contributed by atoms with Gasteiger partial charge in [-0.25, -0.2) is 4.98 Å². The van der Waals surface area contributed by atoms with Crippen molar-refractivity contribution in [2.24, 2.45) is 0 Å². The van der Waals surface area contributed by atoms with Crippen LogP contribution in [0.3, 0.4) is 0 Å². The van der Waals surface area contributed by atoms with E-state index >= 15 is 0 Å². The van der Waals surface area contributed by atoms with E-state index in [0.29, 0.717) is 11.0 Å². The highest BCUT2D eigenvalue weighted by molar-refractivity contribution is 6.36. The van der Waals surface area contributed by atoms with Crippen LogP contribution in [0.15, 0.2) is 30.3 Å². The second-order valence-corrected chi connectivity index (χ2v) is 4.94. The number of aromatic amines is 1. The quantitative estimate of drug-likeness (QED) is 0.552. The van der Waals surface area contributed by atoms with Crippen molar-refractivity contribution in [3.63, 3.8) is 0 Å². The first-order chi connectivity index (χ1) is 9.11. The molecule has 3 aromatic rings. The largest absolute Gasteiger partial charge is 0.323 e. The van der Waals surface area contributed by atoms with E-state index < -0.39 is 0 Å². The number of hydrogen-bond donors (Lipinski definition) is 2. The van der Waals surface area contributed by atoms with Crippen LogP contribution in [0.2, 0.25) is 5.15 Å². The van der Waals surface area contributed by atoms with Crippen LogP contribution in [0, 0.1) is 6.92 Å². The van der Waals surface area contributed by atoms with E-state index in [2.05, 4.69) is 34.4 Å². The molecule has 1 aromatic carbocycles. The van der Waals surface area contributed by atoms with Crippen LogP contribution in [0.1, 0.15) is 5.69 Å². The maximum absolute atomic E-state index is 6.21. The fourth-order valence-corrected chi connectivity index (χ4v) is 2.28. The number of fused-ring (bicyclic) bond motifs is 1. The molecular weight excluding hydrogens is 258 g/mol. The van der Waals surface area contributed by atoms with E-state index in [4.69, 9.17) is 11.6 Å². The minimum absolute atomic E-state index is 0.493. The topological polar surface area (TPSA) is 53.6 Å². The number of aromatic nitrogens is 3. The van der Waals surface area contributed by atoms with E-state index in [0.717, 1.165) is 22.3 Å². The van der Waals surface area contributed by atoms with Crippen LogP contribution in [-0.2, 0) is 0 Å². The molecule has 4 nitrogen and oxygen atoms in total. The summed E-state index contributed by atoms with van der Waals surface area (Å²) in [5.74, 6) is 1.42. The van der Waals surface area contributed by atoms with Gasteiger partial charge in [-0.15, -0.1) is 0 Å². The fourth-order valence-electron chi connectivity index (χ4n) is 2.01. The van der Waals surface area contributed by atoms with Gasteiger partial charge in [0.1, 0.15) is 18.8 Å². The molecule has 2 N–H and O–H groups in total. The van der Waals surface area contributed by atoms with E-state index in [9.17, 15) is 0 Å². The zero-order valence-corrected chi connectivity index (χ0v) is 11.4. The molecule has 0 aliphatic heterocycles. The molecule has 2 aromatic heterocycles. The number of H-pyrrole nitrogens is 1. The summed E-state index contributed by atoms with van der Waals surface area (Å²) in [6, 6.07) is 9.99. The molecular formula is C13H12BClN4. The minimum atomic E-state index is 0.493. The third kappa shape index (κ3) is 2.42. The molecule has 0 aliphatic rings. The van der Waals surface area contributed by atoms with Gasteiger partial charge < -0.3 is 5.32 Å². The predicted octanol–water partition coefficient (Wildman–Crippen LogP) is 1.92. The van der Waals surface area contributed by atoms with Crippen molar-refractivity contribution in [3.05, 3.63) is 41.2 Å². The van der Waals surface area contributed by atoms with Gasteiger partial charge in [0.2, 0.25) is 0 Å². The van der Waals surface area contributed by atoms with Crippen LogP contribution >= 0.6 is 11.6 Å². The second-order valence-electron chi connectivity index (χ2n) is 4.58. The Labute approximate surface area is 116 Å². The highest BCUT2D eigenvalue weighted by Gasteiger charge is 2.06. The average Bonchev–Trinajstić information content (AvgIpc) is 2.74. The fraction of sp³-hybridized carbons (Fsp3) is 0.0769. The molecule has 0 unspecified atom stereocenters. The lowest BCUT2D eigenvalue weighted by Gasteiger charge is -2.06. The molecule has 0 amide bonds. The smallest absolute Gasteiger partial charge is 0.153 e. The molecule has 0 radical (unpaired) electrons. The van der Waals surface area contributed by atoms with E-state index in [1.165, 1.54) is 5.46 Å². The van der Waals surface area contributed by atoms with Gasteiger partial charge in [0.25, 0.3) is 0 Å². The molecule has 6 heteroatoms. The van der Waals surface area contributed by atoms with Gasteiger partial charge in [0.05, 0.1) is 0 Å². The van der Waals surface area contributed by atoms with Crippen molar-refractivity contribution in [1.29, 1.82) is 0 Å². The second kappa shape index (κ2) is 4.59. The number of nitrogens with one attached hydrogen (secondary N) is 2. The lowest BCUT2D eigenvalue weighted by molar-refractivity contribution is 1.05. The number of anilines is 2. The lowest BCUT2D eigenvalue weighted by Crippen LogP contribution is -2.01. The molecule has 2 heterocycles. The predicted molar refractivity (Wildman–Crippen MR) is 81.5 cm³/mol. The highest BCUT2D eigenvalue weighted by Crippen LogP contribution is 2.25. The molecule has 3 rings (SSSR count). The summed E-state index contributed by atoms with van der Waals surface area (Å²) in [6.45, 7) is 1.95. The summed E-state index contributed by atoms with van der Waals surface area (Å²) >= 11 is 6.21. The van der Waals surface area contributed by atoms with Crippen molar-refractivity contribution in [3.8, 4) is 0 Å². The normalized spacial score (nSPS) is 10.8. The first-order valence-corrected chi connectivity index (χ1v) is 6.35. The number of pyridine rings is 1. The summed E-state index contributed by atoms with van der Waals surface area (Å²) in [5, 5.41) is 12.6. The van der Waals surface area contributed by atoms with E-state index in [1.54, 1.807) is 0 Å². The Balaban J connectivity index is 2.04. The van der Waals surface area contributed by atoms with Gasteiger partial charge in [0, 0.05) is 17.1 Å². The SMILES string of the molecule is Bc1ccc2c(Cl)nc(Nc3cc(C)[nH]n3)cc2c1. The monoisotopic (exact) mass is 270 g/mol. The molecule has 0 atom stereocenters. The molecule has 0 spiro atoms. The number of hydrogen-bond acceptors (Lipinski definition) is 3. The van der Waals surface area contributed by atoms with E-state index in [1.807, 2.05) is 31.2 Å². The Hall–Kier alpha value is -2.01. The molecule has 94 valence electrons. The zero-order valence-electron chi connectivity index (χ0n) is 10.7. The van der Waals surface area contributed by atoms with Crippen molar-refractivity contribution in [2.45, 2.75) is 6.92 Å². The van der Waals surface area contributed by atoms with Crippen LogP contribution in [0.5, 0.6) is 0 Å². The van der Waals surface area contributed by atoms with Gasteiger partial charge in [0.15, 0.2) is 5.82 Å². The number of aryl methyl sites for hydroxylation is 1. The molecule has 0 fully saturated rings. The molecule has 0 aliphatic carbocycles.